The van der Waals surface area contributed by atoms with Gasteiger partial charge in [-0.1, -0.05) is 20.8 Å². The van der Waals surface area contributed by atoms with Crippen LogP contribution < -0.4 is 10.0 Å². The van der Waals surface area contributed by atoms with Gasteiger partial charge in [0.05, 0.1) is 11.8 Å². The van der Waals surface area contributed by atoms with Crippen molar-refractivity contribution >= 4 is 15.9 Å². The lowest BCUT2D eigenvalue weighted by molar-refractivity contribution is -0.123. The Morgan fingerprint density at radius 2 is 1.84 bits per heavy atom. The maximum atomic E-state index is 11.9. The summed E-state index contributed by atoms with van der Waals surface area (Å²) in [5.41, 5.74) is 0. The monoisotopic (exact) mass is 294 g/mol. The first-order valence-electron chi connectivity index (χ1n) is 6.64. The number of aliphatic hydroxyl groups excluding tert-OH is 1. The molecule has 0 aromatic heterocycles. The average Bonchev–Trinajstić information content (AvgIpc) is 2.27. The molecule has 0 saturated heterocycles. The van der Waals surface area contributed by atoms with E-state index in [1.165, 1.54) is 6.92 Å². The van der Waals surface area contributed by atoms with E-state index in [4.69, 9.17) is 5.11 Å². The van der Waals surface area contributed by atoms with Gasteiger partial charge in [0.15, 0.2) is 0 Å². The Balaban J connectivity index is 4.48. The number of amides is 1. The number of carbonyl (C=O) groups is 1. The molecular weight excluding hydrogens is 268 g/mol. The van der Waals surface area contributed by atoms with E-state index in [0.717, 1.165) is 0 Å². The topological polar surface area (TPSA) is 95.5 Å². The molecule has 0 aliphatic heterocycles. The van der Waals surface area contributed by atoms with Gasteiger partial charge in [0.1, 0.15) is 0 Å². The van der Waals surface area contributed by atoms with Gasteiger partial charge in [0.2, 0.25) is 15.9 Å². The molecule has 0 radical (unpaired) electrons. The van der Waals surface area contributed by atoms with Crippen molar-refractivity contribution in [3.8, 4) is 0 Å². The summed E-state index contributed by atoms with van der Waals surface area (Å²) in [5, 5.41) is 11.7. The Hall–Kier alpha value is -0.660. The summed E-state index contributed by atoms with van der Waals surface area (Å²) in [6.45, 7) is 7.14. The van der Waals surface area contributed by atoms with Crippen LogP contribution >= 0.6 is 0 Å². The zero-order chi connectivity index (χ0) is 15.1. The van der Waals surface area contributed by atoms with Crippen LogP contribution in [0.3, 0.4) is 0 Å². The quantitative estimate of drug-likeness (QED) is 0.567. The maximum absolute atomic E-state index is 11.9. The van der Waals surface area contributed by atoms with Crippen molar-refractivity contribution in [2.24, 2.45) is 5.92 Å². The summed E-state index contributed by atoms with van der Waals surface area (Å²) in [6, 6.07) is -0.966. The molecule has 2 unspecified atom stereocenters. The summed E-state index contributed by atoms with van der Waals surface area (Å²) in [5.74, 6) is -0.183. The average molecular weight is 294 g/mol. The maximum Gasteiger partial charge on any atom is 0.238 e. The highest BCUT2D eigenvalue weighted by Crippen LogP contribution is 2.06. The van der Waals surface area contributed by atoms with E-state index in [1.54, 1.807) is 6.92 Å². The van der Waals surface area contributed by atoms with E-state index < -0.39 is 16.1 Å². The van der Waals surface area contributed by atoms with Gasteiger partial charge in [0, 0.05) is 12.6 Å². The van der Waals surface area contributed by atoms with Crippen LogP contribution in [0, 0.1) is 5.92 Å². The lowest BCUT2D eigenvalue weighted by Gasteiger charge is -2.23. The van der Waals surface area contributed by atoms with Crippen LogP contribution in [0.25, 0.3) is 0 Å². The summed E-state index contributed by atoms with van der Waals surface area (Å²) < 4.78 is 25.5. The second-order valence-corrected chi connectivity index (χ2v) is 6.90. The van der Waals surface area contributed by atoms with Crippen LogP contribution in [0.4, 0.5) is 0 Å². The fourth-order valence-electron chi connectivity index (χ4n) is 1.67. The van der Waals surface area contributed by atoms with Crippen LogP contribution in [-0.2, 0) is 14.8 Å². The van der Waals surface area contributed by atoms with Gasteiger partial charge in [-0.25, -0.2) is 13.1 Å². The molecular formula is C12H26N2O4S. The molecule has 7 heteroatoms. The molecule has 3 N–H and O–H groups in total. The number of hydrogen-bond acceptors (Lipinski definition) is 4. The predicted molar refractivity (Wildman–Crippen MR) is 75.1 cm³/mol. The largest absolute Gasteiger partial charge is 0.396 e. The fraction of sp³-hybridized carbons (Fsp3) is 0.917. The first kappa shape index (κ1) is 18.3. The minimum atomic E-state index is -3.40. The Morgan fingerprint density at radius 3 is 2.26 bits per heavy atom. The number of sulfonamides is 1. The molecule has 2 atom stereocenters. The van der Waals surface area contributed by atoms with Gasteiger partial charge in [-0.3, -0.25) is 4.79 Å². The summed E-state index contributed by atoms with van der Waals surface area (Å²) in [7, 11) is -3.40. The van der Waals surface area contributed by atoms with E-state index in [1.807, 2.05) is 13.8 Å². The second-order valence-electron chi connectivity index (χ2n) is 5.03. The molecule has 6 nitrogen and oxygen atoms in total. The summed E-state index contributed by atoms with van der Waals surface area (Å²) in [6.07, 6.45) is 0.959. The number of hydrogen-bond donors (Lipinski definition) is 3. The minimum absolute atomic E-state index is 0.00880. The van der Waals surface area contributed by atoms with E-state index in [2.05, 4.69) is 10.0 Å². The molecule has 0 aromatic rings. The molecule has 1 amide bonds. The van der Waals surface area contributed by atoms with Crippen molar-refractivity contribution in [1.82, 2.24) is 10.0 Å². The van der Waals surface area contributed by atoms with Crippen LogP contribution in [-0.4, -0.2) is 43.9 Å². The van der Waals surface area contributed by atoms with Gasteiger partial charge in [-0.2, -0.15) is 0 Å². The lowest BCUT2D eigenvalue weighted by Crippen LogP contribution is -2.50. The third-order valence-corrected chi connectivity index (χ3v) is 4.45. The van der Waals surface area contributed by atoms with Crippen LogP contribution in [0.15, 0.2) is 0 Å². The molecule has 0 bridgehead atoms. The molecule has 0 rings (SSSR count). The van der Waals surface area contributed by atoms with Gasteiger partial charge >= 0.3 is 0 Å². The Morgan fingerprint density at radius 1 is 1.26 bits per heavy atom. The molecule has 0 aromatic carbocycles. The number of carbonyl (C=O) groups excluding carboxylic acids is 1. The first-order chi connectivity index (χ1) is 8.73. The molecule has 0 saturated carbocycles. The molecule has 114 valence electrons. The zero-order valence-corrected chi connectivity index (χ0v) is 13.0. The van der Waals surface area contributed by atoms with E-state index in [0.29, 0.717) is 12.8 Å². The van der Waals surface area contributed by atoms with Gasteiger partial charge in [-0.05, 0) is 25.7 Å². The minimum Gasteiger partial charge on any atom is -0.396 e. The van der Waals surface area contributed by atoms with Crippen molar-refractivity contribution in [3.63, 3.8) is 0 Å². The van der Waals surface area contributed by atoms with Crippen LogP contribution in [0.5, 0.6) is 0 Å². The van der Waals surface area contributed by atoms with Crippen molar-refractivity contribution in [2.45, 2.75) is 52.6 Å². The highest BCUT2D eigenvalue weighted by Gasteiger charge is 2.23. The molecule has 19 heavy (non-hydrogen) atoms. The molecule has 0 aliphatic carbocycles. The number of aliphatic hydroxyl groups is 1. The zero-order valence-electron chi connectivity index (χ0n) is 12.1. The highest BCUT2D eigenvalue weighted by atomic mass is 32.2. The normalized spacial score (nSPS) is 15.3. The highest BCUT2D eigenvalue weighted by molar-refractivity contribution is 7.89. The molecule has 0 heterocycles. The first-order valence-corrected chi connectivity index (χ1v) is 8.30. The van der Waals surface area contributed by atoms with E-state index >= 15 is 0 Å². The van der Waals surface area contributed by atoms with Crippen molar-refractivity contribution in [3.05, 3.63) is 0 Å². The van der Waals surface area contributed by atoms with Crippen LogP contribution in [0.1, 0.15) is 40.5 Å². The predicted octanol–water partition coefficient (Wildman–Crippen LogP) is 0.228. The number of nitrogens with one attached hydrogen (secondary N) is 2. The molecule has 0 aliphatic rings. The van der Waals surface area contributed by atoms with Crippen molar-refractivity contribution < 1.29 is 18.3 Å². The van der Waals surface area contributed by atoms with E-state index in [-0.39, 0.29) is 30.2 Å². The number of rotatable bonds is 9. The van der Waals surface area contributed by atoms with Crippen molar-refractivity contribution in [1.29, 1.82) is 0 Å². The third kappa shape index (κ3) is 7.49. The fourth-order valence-corrected chi connectivity index (χ4v) is 2.97. The van der Waals surface area contributed by atoms with Gasteiger partial charge in [0.25, 0.3) is 0 Å². The lowest BCUT2D eigenvalue weighted by atomic mass is 10.0. The summed E-state index contributed by atoms with van der Waals surface area (Å²) in [4.78, 5) is 11.9. The summed E-state index contributed by atoms with van der Waals surface area (Å²) >= 11 is 0. The van der Waals surface area contributed by atoms with Gasteiger partial charge < -0.3 is 10.4 Å². The second kappa shape index (κ2) is 8.50. The van der Waals surface area contributed by atoms with Gasteiger partial charge in [-0.15, -0.1) is 0 Å². The van der Waals surface area contributed by atoms with Crippen LogP contribution in [0.2, 0.25) is 0 Å². The Kier molecular flexibility index (Phi) is 8.20. The SMILES string of the molecule is CCCS(=O)(=O)NC(C)C(=O)NC(CCO)C(C)C. The third-order valence-electron chi connectivity index (χ3n) is 2.79. The molecule has 0 spiro atoms. The molecule has 0 fully saturated rings. The standard InChI is InChI=1S/C12H26N2O4S/c1-5-8-19(17,18)14-10(4)12(16)13-11(6-7-15)9(2)3/h9-11,14-15H,5-8H2,1-4H3,(H,13,16). The smallest absolute Gasteiger partial charge is 0.238 e. The van der Waals surface area contributed by atoms with Crippen molar-refractivity contribution in [2.75, 3.05) is 12.4 Å². The Bertz CT molecular complexity index is 368. The van der Waals surface area contributed by atoms with E-state index in [9.17, 15) is 13.2 Å². The Labute approximate surface area is 116 Å².